The number of nitrogens with zero attached hydrogens (tertiary/aromatic N) is 2. The van der Waals surface area contributed by atoms with Gasteiger partial charge in [-0.15, -0.1) is 0 Å². The Bertz CT molecular complexity index is 319. The third-order valence-corrected chi connectivity index (χ3v) is 2.49. The maximum atomic E-state index is 10.7. The Labute approximate surface area is 73.8 Å². The van der Waals surface area contributed by atoms with E-state index in [2.05, 4.69) is 4.99 Å². The highest BCUT2D eigenvalue weighted by atomic mass is 32.2. The summed E-state index contributed by atoms with van der Waals surface area (Å²) in [6, 6.07) is -0.467. The van der Waals surface area contributed by atoms with Crippen LogP contribution in [0.2, 0.25) is 0 Å². The van der Waals surface area contributed by atoms with E-state index in [-0.39, 0.29) is 0 Å². The monoisotopic (exact) mass is 181 g/mol. The summed E-state index contributed by atoms with van der Waals surface area (Å²) in [6.45, 7) is 0. The molecule has 2 heterocycles. The summed E-state index contributed by atoms with van der Waals surface area (Å²) in [6.07, 6.45) is 5.12. The number of hydrogen-bond donors (Lipinski definition) is 1. The van der Waals surface area contributed by atoms with Crippen molar-refractivity contribution in [3.05, 3.63) is 23.4 Å². The molecule has 2 N–H and O–H groups in total. The molecule has 0 bridgehead atoms. The van der Waals surface area contributed by atoms with Crippen molar-refractivity contribution in [1.82, 2.24) is 4.90 Å². The fourth-order valence-electron chi connectivity index (χ4n) is 1.02. The van der Waals surface area contributed by atoms with Gasteiger partial charge in [0.2, 0.25) is 0 Å². The Kier molecular flexibility index (Phi) is 1.65. The van der Waals surface area contributed by atoms with E-state index in [1.165, 1.54) is 4.90 Å². The van der Waals surface area contributed by atoms with Crippen LogP contribution in [0.25, 0.3) is 0 Å². The predicted molar refractivity (Wildman–Crippen MR) is 48.5 cm³/mol. The molecule has 0 saturated carbocycles. The Morgan fingerprint density at radius 1 is 1.75 bits per heavy atom. The number of rotatable bonds is 0. The van der Waals surface area contributed by atoms with Crippen molar-refractivity contribution in [2.24, 2.45) is 10.7 Å². The van der Waals surface area contributed by atoms with Crippen LogP contribution in [-0.4, -0.2) is 22.5 Å². The maximum absolute atomic E-state index is 10.7. The lowest BCUT2D eigenvalue weighted by Crippen LogP contribution is -2.28. The van der Waals surface area contributed by atoms with Crippen LogP contribution in [0.15, 0.2) is 28.4 Å². The van der Waals surface area contributed by atoms with Gasteiger partial charge in [-0.2, -0.15) is 0 Å². The number of hydrogen-bond acceptors (Lipinski definition) is 3. The molecule has 0 aromatic heterocycles. The predicted octanol–water partition coefficient (Wildman–Crippen LogP) is 0.881. The van der Waals surface area contributed by atoms with Gasteiger partial charge in [-0.05, 0) is 6.08 Å². The van der Waals surface area contributed by atoms with E-state index in [0.717, 1.165) is 16.5 Å². The highest BCUT2D eigenvalue weighted by Crippen LogP contribution is 2.27. The third-order valence-electron chi connectivity index (χ3n) is 1.61. The number of allylic oxidation sites excluding steroid dienone is 2. The van der Waals surface area contributed by atoms with Crippen LogP contribution in [-0.2, 0) is 0 Å². The molecule has 62 valence electrons. The molecule has 2 aliphatic rings. The van der Waals surface area contributed by atoms with E-state index in [9.17, 15) is 4.79 Å². The minimum absolute atomic E-state index is 0.467. The Morgan fingerprint density at radius 2 is 2.58 bits per heavy atom. The molecular weight excluding hydrogens is 174 g/mol. The number of amides is 2. The third kappa shape index (κ3) is 1.12. The van der Waals surface area contributed by atoms with Crippen LogP contribution in [0.1, 0.15) is 0 Å². The first-order chi connectivity index (χ1) is 5.77. The van der Waals surface area contributed by atoms with Gasteiger partial charge in [0.05, 0.1) is 16.5 Å². The van der Waals surface area contributed by atoms with Crippen LogP contribution >= 0.6 is 11.8 Å². The molecule has 0 aromatic rings. The van der Waals surface area contributed by atoms with Gasteiger partial charge in [-0.3, -0.25) is 9.89 Å². The molecular formula is C7H7N3OS. The highest BCUT2D eigenvalue weighted by Gasteiger charge is 2.18. The molecule has 0 aliphatic carbocycles. The highest BCUT2D eigenvalue weighted by molar-refractivity contribution is 8.04. The van der Waals surface area contributed by atoms with Gasteiger partial charge in [0.15, 0.2) is 0 Å². The standard InChI is InChI=1S/C7H7N3OS/c8-7(11)10-2-1-5-6(3-10)12-4-9-5/h1-3H,4H2,(H2,8,11). The number of fused-ring (bicyclic) bond motifs is 1. The summed E-state index contributed by atoms with van der Waals surface area (Å²) in [7, 11) is 0. The normalized spacial score (nSPS) is 20.2. The summed E-state index contributed by atoms with van der Waals surface area (Å²) < 4.78 is 0. The second kappa shape index (κ2) is 2.67. The molecule has 4 nitrogen and oxygen atoms in total. The van der Waals surface area contributed by atoms with Gasteiger partial charge in [0, 0.05) is 12.4 Å². The molecule has 0 saturated heterocycles. The van der Waals surface area contributed by atoms with Gasteiger partial charge < -0.3 is 5.73 Å². The van der Waals surface area contributed by atoms with Gasteiger partial charge in [0.25, 0.3) is 0 Å². The quantitative estimate of drug-likeness (QED) is 0.603. The lowest BCUT2D eigenvalue weighted by molar-refractivity contribution is 0.235. The maximum Gasteiger partial charge on any atom is 0.322 e. The van der Waals surface area contributed by atoms with Crippen molar-refractivity contribution in [2.45, 2.75) is 0 Å². The zero-order valence-electron chi connectivity index (χ0n) is 6.23. The SMILES string of the molecule is NC(=O)N1C=CC2=NCSC2=C1. The van der Waals surface area contributed by atoms with Gasteiger partial charge in [-0.25, -0.2) is 4.79 Å². The van der Waals surface area contributed by atoms with E-state index in [4.69, 9.17) is 5.73 Å². The van der Waals surface area contributed by atoms with Crippen molar-refractivity contribution < 1.29 is 4.79 Å². The second-order valence-corrected chi connectivity index (χ2v) is 3.36. The minimum Gasteiger partial charge on any atom is -0.351 e. The van der Waals surface area contributed by atoms with Crippen molar-refractivity contribution in [3.63, 3.8) is 0 Å². The van der Waals surface area contributed by atoms with Crippen molar-refractivity contribution in [1.29, 1.82) is 0 Å². The zero-order valence-corrected chi connectivity index (χ0v) is 7.04. The summed E-state index contributed by atoms with van der Waals surface area (Å²) in [4.78, 5) is 17.3. The first kappa shape index (κ1) is 7.42. The first-order valence-electron chi connectivity index (χ1n) is 3.43. The van der Waals surface area contributed by atoms with Crippen molar-refractivity contribution in [2.75, 3.05) is 5.88 Å². The smallest absolute Gasteiger partial charge is 0.322 e. The number of thioether (sulfide) groups is 1. The number of primary amides is 1. The lowest BCUT2D eigenvalue weighted by Gasteiger charge is -2.14. The van der Waals surface area contributed by atoms with E-state index < -0.39 is 6.03 Å². The topological polar surface area (TPSA) is 58.7 Å². The van der Waals surface area contributed by atoms with Crippen molar-refractivity contribution in [3.8, 4) is 0 Å². The minimum atomic E-state index is -0.467. The molecule has 0 atom stereocenters. The molecule has 0 aromatic carbocycles. The van der Waals surface area contributed by atoms with E-state index in [1.54, 1.807) is 30.2 Å². The van der Waals surface area contributed by atoms with E-state index in [1.807, 2.05) is 0 Å². The average molecular weight is 181 g/mol. The molecule has 12 heavy (non-hydrogen) atoms. The van der Waals surface area contributed by atoms with Crippen molar-refractivity contribution >= 4 is 23.5 Å². The van der Waals surface area contributed by atoms with Crippen LogP contribution in [0.5, 0.6) is 0 Å². The van der Waals surface area contributed by atoms with Gasteiger partial charge in [0.1, 0.15) is 0 Å². The second-order valence-electron chi connectivity index (χ2n) is 2.37. The molecule has 2 aliphatic heterocycles. The average Bonchev–Trinajstić information content (AvgIpc) is 2.49. The molecule has 0 unspecified atom stereocenters. The Hall–Kier alpha value is -1.23. The van der Waals surface area contributed by atoms with E-state index >= 15 is 0 Å². The van der Waals surface area contributed by atoms with E-state index in [0.29, 0.717) is 0 Å². The van der Waals surface area contributed by atoms with Crippen LogP contribution < -0.4 is 5.73 Å². The van der Waals surface area contributed by atoms with Crippen LogP contribution in [0, 0.1) is 0 Å². The molecule has 2 rings (SSSR count). The number of carbonyl (C=O) groups is 1. The molecule has 0 fully saturated rings. The Balaban J connectivity index is 2.28. The number of carbonyl (C=O) groups excluding carboxylic acids is 1. The van der Waals surface area contributed by atoms with Gasteiger partial charge in [-0.1, -0.05) is 11.8 Å². The van der Waals surface area contributed by atoms with Crippen LogP contribution in [0.3, 0.4) is 0 Å². The largest absolute Gasteiger partial charge is 0.351 e. The lowest BCUT2D eigenvalue weighted by atomic mass is 10.3. The summed E-state index contributed by atoms with van der Waals surface area (Å²) >= 11 is 1.60. The number of nitrogens with two attached hydrogens (primary N) is 1. The molecule has 0 spiro atoms. The zero-order chi connectivity index (χ0) is 8.55. The number of urea groups is 1. The number of aliphatic imine (C=N–C) groups is 1. The summed E-state index contributed by atoms with van der Waals surface area (Å²) in [5, 5.41) is 0. The summed E-state index contributed by atoms with van der Waals surface area (Å²) in [5.74, 6) is 0.734. The fraction of sp³-hybridized carbons (Fsp3) is 0.143. The van der Waals surface area contributed by atoms with Crippen LogP contribution in [0.4, 0.5) is 4.79 Å². The first-order valence-corrected chi connectivity index (χ1v) is 4.41. The Morgan fingerprint density at radius 3 is 3.33 bits per heavy atom. The summed E-state index contributed by atoms with van der Waals surface area (Å²) in [5.41, 5.74) is 6.03. The molecule has 0 radical (unpaired) electrons. The molecule has 2 amide bonds. The van der Waals surface area contributed by atoms with Gasteiger partial charge >= 0.3 is 6.03 Å². The fourth-order valence-corrected chi connectivity index (χ4v) is 1.83. The molecule has 5 heteroatoms.